The monoisotopic (exact) mass is 442 g/mol. The number of aryl methyl sites for hydroxylation is 1. The molecule has 1 N–H and O–H groups in total. The van der Waals surface area contributed by atoms with Gasteiger partial charge in [-0.2, -0.15) is 5.10 Å². The minimum atomic E-state index is -0.172. The Balaban J connectivity index is 1.51. The van der Waals surface area contributed by atoms with E-state index in [4.69, 9.17) is 16.3 Å². The third-order valence-electron chi connectivity index (χ3n) is 5.11. The molecule has 1 amide bonds. The number of carbonyl (C=O) groups is 1. The number of amides is 1. The lowest BCUT2D eigenvalue weighted by Crippen LogP contribution is -2.19. The summed E-state index contributed by atoms with van der Waals surface area (Å²) in [5.74, 6) is 0.518. The van der Waals surface area contributed by atoms with E-state index in [1.807, 2.05) is 91.9 Å². The van der Waals surface area contributed by atoms with Crippen LogP contribution in [0, 0.1) is 6.92 Å². The second-order valence-corrected chi connectivity index (χ2v) is 8.01. The number of hydrazone groups is 1. The Morgan fingerprint density at radius 1 is 0.938 bits per heavy atom. The largest absolute Gasteiger partial charge is 0.488 e. The predicted octanol–water partition coefficient (Wildman–Crippen LogP) is 6.07. The van der Waals surface area contributed by atoms with Crippen LogP contribution in [0.2, 0.25) is 5.02 Å². The van der Waals surface area contributed by atoms with Crippen LogP contribution in [0.3, 0.4) is 0 Å². The molecule has 4 aromatic rings. The maximum absolute atomic E-state index is 12.3. The quantitative estimate of drug-likeness (QED) is 0.279. The topological polar surface area (TPSA) is 50.7 Å². The SMILES string of the molecule is Cc1ccc(CC(=O)N/N=C\c2c(OCc3ccc(Cl)cc3)ccc3ccccc23)cc1. The summed E-state index contributed by atoms with van der Waals surface area (Å²) >= 11 is 5.97. The van der Waals surface area contributed by atoms with Crippen molar-refractivity contribution in [2.45, 2.75) is 20.0 Å². The van der Waals surface area contributed by atoms with Gasteiger partial charge in [0.2, 0.25) is 5.91 Å². The van der Waals surface area contributed by atoms with Crippen molar-refractivity contribution in [2.24, 2.45) is 5.10 Å². The van der Waals surface area contributed by atoms with Gasteiger partial charge >= 0.3 is 0 Å². The van der Waals surface area contributed by atoms with E-state index in [0.717, 1.165) is 33.0 Å². The summed E-state index contributed by atoms with van der Waals surface area (Å²) in [5.41, 5.74) is 6.56. The third kappa shape index (κ3) is 5.54. The molecule has 5 heteroatoms. The number of fused-ring (bicyclic) bond motifs is 1. The van der Waals surface area contributed by atoms with E-state index >= 15 is 0 Å². The zero-order chi connectivity index (χ0) is 22.3. The van der Waals surface area contributed by atoms with Crippen LogP contribution in [-0.2, 0) is 17.8 Å². The smallest absolute Gasteiger partial charge is 0.244 e. The first-order valence-electron chi connectivity index (χ1n) is 10.3. The first-order valence-corrected chi connectivity index (χ1v) is 10.7. The predicted molar refractivity (Wildman–Crippen MR) is 130 cm³/mol. The van der Waals surface area contributed by atoms with Gasteiger partial charge in [-0.25, -0.2) is 5.43 Å². The Hall–Kier alpha value is -3.63. The van der Waals surface area contributed by atoms with Crippen LogP contribution < -0.4 is 10.2 Å². The summed E-state index contributed by atoms with van der Waals surface area (Å²) in [6.45, 7) is 2.42. The zero-order valence-electron chi connectivity index (χ0n) is 17.7. The van der Waals surface area contributed by atoms with Gasteiger partial charge in [0.15, 0.2) is 0 Å². The van der Waals surface area contributed by atoms with Crippen molar-refractivity contribution in [3.63, 3.8) is 0 Å². The molecule has 0 aliphatic rings. The molecule has 0 saturated heterocycles. The second-order valence-electron chi connectivity index (χ2n) is 7.57. The highest BCUT2D eigenvalue weighted by molar-refractivity contribution is 6.30. The van der Waals surface area contributed by atoms with E-state index in [-0.39, 0.29) is 12.3 Å². The summed E-state index contributed by atoms with van der Waals surface area (Å²) < 4.78 is 6.09. The van der Waals surface area contributed by atoms with Crippen LogP contribution in [-0.4, -0.2) is 12.1 Å². The molecule has 4 rings (SSSR count). The Bertz CT molecular complexity index is 1250. The zero-order valence-corrected chi connectivity index (χ0v) is 18.5. The molecule has 0 aromatic heterocycles. The van der Waals surface area contributed by atoms with Gasteiger partial charge < -0.3 is 4.74 Å². The first-order chi connectivity index (χ1) is 15.6. The van der Waals surface area contributed by atoms with E-state index in [9.17, 15) is 4.79 Å². The van der Waals surface area contributed by atoms with Gasteiger partial charge in [0.25, 0.3) is 0 Å². The molecule has 4 aromatic carbocycles. The van der Waals surface area contributed by atoms with Crippen molar-refractivity contribution in [3.05, 3.63) is 112 Å². The molecule has 0 unspecified atom stereocenters. The van der Waals surface area contributed by atoms with Crippen LogP contribution in [0.5, 0.6) is 5.75 Å². The van der Waals surface area contributed by atoms with Crippen LogP contribution in [0.4, 0.5) is 0 Å². The van der Waals surface area contributed by atoms with E-state index < -0.39 is 0 Å². The fourth-order valence-corrected chi connectivity index (χ4v) is 3.50. The van der Waals surface area contributed by atoms with Gasteiger partial charge in [-0.3, -0.25) is 4.79 Å². The Morgan fingerprint density at radius 3 is 2.44 bits per heavy atom. The lowest BCUT2D eigenvalue weighted by molar-refractivity contribution is -0.120. The fraction of sp³-hybridized carbons (Fsp3) is 0.111. The van der Waals surface area contributed by atoms with Crippen LogP contribution in [0.25, 0.3) is 10.8 Å². The normalized spacial score (nSPS) is 11.1. The van der Waals surface area contributed by atoms with E-state index in [2.05, 4.69) is 10.5 Å². The minimum Gasteiger partial charge on any atom is -0.488 e. The first kappa shape index (κ1) is 21.6. The average Bonchev–Trinajstić information content (AvgIpc) is 2.81. The molecule has 0 saturated carbocycles. The highest BCUT2D eigenvalue weighted by atomic mass is 35.5. The van der Waals surface area contributed by atoms with E-state index in [1.165, 1.54) is 0 Å². The number of carbonyl (C=O) groups excluding carboxylic acids is 1. The van der Waals surface area contributed by atoms with Gasteiger partial charge in [0, 0.05) is 10.6 Å². The molecule has 4 nitrogen and oxygen atoms in total. The van der Waals surface area contributed by atoms with Crippen molar-refractivity contribution in [3.8, 4) is 5.75 Å². The summed E-state index contributed by atoms with van der Waals surface area (Å²) in [6.07, 6.45) is 1.92. The van der Waals surface area contributed by atoms with Gasteiger partial charge in [0.1, 0.15) is 12.4 Å². The van der Waals surface area contributed by atoms with Crippen LogP contribution >= 0.6 is 11.6 Å². The number of rotatable bonds is 7. The molecule has 32 heavy (non-hydrogen) atoms. The van der Waals surface area contributed by atoms with Crippen LogP contribution in [0.15, 0.2) is 90.0 Å². The average molecular weight is 443 g/mol. The number of nitrogens with zero attached hydrogens (tertiary/aromatic N) is 1. The summed E-state index contributed by atoms with van der Waals surface area (Å²) in [7, 11) is 0. The van der Waals surface area contributed by atoms with E-state index in [0.29, 0.717) is 17.4 Å². The molecule has 160 valence electrons. The number of nitrogens with one attached hydrogen (secondary N) is 1. The van der Waals surface area contributed by atoms with Gasteiger partial charge in [-0.15, -0.1) is 0 Å². The molecule has 0 atom stereocenters. The number of benzene rings is 4. The lowest BCUT2D eigenvalue weighted by atomic mass is 10.0. The maximum atomic E-state index is 12.3. The van der Waals surface area contributed by atoms with Gasteiger partial charge in [-0.1, -0.05) is 83.9 Å². The Morgan fingerprint density at radius 2 is 1.66 bits per heavy atom. The lowest BCUT2D eigenvalue weighted by Gasteiger charge is -2.12. The molecule has 0 heterocycles. The molecule has 0 spiro atoms. The van der Waals surface area contributed by atoms with Crippen molar-refractivity contribution >= 4 is 34.5 Å². The highest BCUT2D eigenvalue weighted by Gasteiger charge is 2.08. The molecular weight excluding hydrogens is 420 g/mol. The molecule has 0 fully saturated rings. The summed E-state index contributed by atoms with van der Waals surface area (Å²) in [5, 5.41) is 6.97. The summed E-state index contributed by atoms with van der Waals surface area (Å²) in [6, 6.07) is 27.4. The third-order valence-corrected chi connectivity index (χ3v) is 5.36. The second kappa shape index (κ2) is 10.1. The fourth-order valence-electron chi connectivity index (χ4n) is 3.38. The maximum Gasteiger partial charge on any atom is 0.244 e. The van der Waals surface area contributed by atoms with Gasteiger partial charge in [0.05, 0.1) is 12.6 Å². The van der Waals surface area contributed by atoms with Crippen molar-refractivity contribution in [1.29, 1.82) is 0 Å². The molecular formula is C27H23ClN2O2. The molecule has 0 aliphatic carbocycles. The number of hydrogen-bond donors (Lipinski definition) is 1. The standard InChI is InChI=1S/C27H23ClN2O2/c1-19-6-8-20(9-7-19)16-27(31)30-29-17-25-24-5-3-2-4-22(24)12-15-26(25)32-18-21-10-13-23(28)14-11-21/h2-15,17H,16,18H2,1H3,(H,30,31)/b29-17-. The molecule has 0 radical (unpaired) electrons. The summed E-state index contributed by atoms with van der Waals surface area (Å²) in [4.78, 5) is 12.3. The van der Waals surface area contributed by atoms with E-state index in [1.54, 1.807) is 6.21 Å². The Labute approximate surface area is 192 Å². The van der Waals surface area contributed by atoms with Crippen molar-refractivity contribution in [2.75, 3.05) is 0 Å². The van der Waals surface area contributed by atoms with Crippen LogP contribution in [0.1, 0.15) is 22.3 Å². The number of hydrogen-bond acceptors (Lipinski definition) is 3. The molecule has 0 aliphatic heterocycles. The Kier molecular flexibility index (Phi) is 6.83. The van der Waals surface area contributed by atoms with Crippen molar-refractivity contribution in [1.82, 2.24) is 5.43 Å². The number of ether oxygens (including phenoxy) is 1. The minimum absolute atomic E-state index is 0.172. The van der Waals surface area contributed by atoms with Gasteiger partial charge in [-0.05, 0) is 47.0 Å². The van der Waals surface area contributed by atoms with Crippen molar-refractivity contribution < 1.29 is 9.53 Å². The number of halogens is 1. The molecule has 0 bridgehead atoms. The highest BCUT2D eigenvalue weighted by Crippen LogP contribution is 2.27.